The van der Waals surface area contributed by atoms with Crippen LogP contribution in [0.1, 0.15) is 43.4 Å². The fourth-order valence-electron chi connectivity index (χ4n) is 4.98. The predicted octanol–water partition coefficient (Wildman–Crippen LogP) is 5.98. The summed E-state index contributed by atoms with van der Waals surface area (Å²) < 4.78 is 7.67. The highest BCUT2D eigenvalue weighted by Gasteiger charge is 2.35. The third kappa shape index (κ3) is 12.0. The Labute approximate surface area is 302 Å². The molecule has 0 bridgehead atoms. The first-order chi connectivity index (χ1) is 23.2. The molecule has 0 aliphatic rings. The SMILES string of the molecule is CCO[n+]1ccc(Cl)cc1Cl.CCO[n+]1ccc(Cl)cc1Cl.[O-]B([O-])OCCCC(c1ccccc1)(c1ccccc1)c1ccccc1. The molecule has 0 atom stereocenters. The van der Waals surface area contributed by atoms with Gasteiger partial charge in [-0.1, -0.05) is 114 Å². The molecule has 0 radical (unpaired) electrons. The van der Waals surface area contributed by atoms with E-state index >= 15 is 0 Å². The number of rotatable bonds is 12. The zero-order chi connectivity index (χ0) is 34.8. The molecule has 0 aliphatic carbocycles. The molecule has 48 heavy (non-hydrogen) atoms. The molecule has 12 heteroatoms. The molecule has 0 spiro atoms. The Hall–Kier alpha value is -3.34. The Morgan fingerprint density at radius 3 is 1.29 bits per heavy atom. The van der Waals surface area contributed by atoms with Gasteiger partial charge in [0.25, 0.3) is 0 Å². The minimum atomic E-state index is -2.23. The van der Waals surface area contributed by atoms with Gasteiger partial charge in [0.2, 0.25) is 12.4 Å². The van der Waals surface area contributed by atoms with E-state index in [-0.39, 0.29) is 12.0 Å². The molecular formula is C36H37BCl4N2O5. The number of benzene rings is 3. The van der Waals surface area contributed by atoms with Crippen molar-refractivity contribution < 1.29 is 33.8 Å². The smallest absolute Gasteiger partial charge is 0.326 e. The van der Waals surface area contributed by atoms with Crippen molar-refractivity contribution in [1.82, 2.24) is 0 Å². The van der Waals surface area contributed by atoms with Crippen LogP contribution >= 0.6 is 46.4 Å². The Balaban J connectivity index is 0.000000233. The molecule has 5 aromatic rings. The van der Waals surface area contributed by atoms with Gasteiger partial charge in [0.1, 0.15) is 0 Å². The van der Waals surface area contributed by atoms with Crippen molar-refractivity contribution in [3.8, 4) is 0 Å². The van der Waals surface area contributed by atoms with Crippen molar-refractivity contribution in [2.24, 2.45) is 0 Å². The highest BCUT2D eigenvalue weighted by atomic mass is 35.5. The molecule has 2 heterocycles. The lowest BCUT2D eigenvalue weighted by Crippen LogP contribution is -2.48. The summed E-state index contributed by atoms with van der Waals surface area (Å²) in [5.41, 5.74) is 3.17. The fourth-order valence-corrected chi connectivity index (χ4v) is 5.85. The number of aromatic nitrogens is 2. The molecule has 3 aromatic carbocycles. The first-order valence-corrected chi connectivity index (χ1v) is 16.8. The predicted molar refractivity (Wildman–Crippen MR) is 188 cm³/mol. The van der Waals surface area contributed by atoms with Gasteiger partial charge < -0.3 is 14.7 Å². The Kier molecular flexibility index (Phi) is 17.0. The second kappa shape index (κ2) is 20.9. The van der Waals surface area contributed by atoms with Gasteiger partial charge in [-0.25, -0.2) is 0 Å². The molecule has 0 unspecified atom stereocenters. The molecule has 0 saturated heterocycles. The summed E-state index contributed by atoms with van der Waals surface area (Å²) in [6, 6.07) is 37.7. The van der Waals surface area contributed by atoms with Gasteiger partial charge in [-0.3, -0.25) is 9.68 Å². The highest BCUT2D eigenvalue weighted by molar-refractivity contribution is 6.33. The minimum absolute atomic E-state index is 0.159. The molecule has 5 rings (SSSR count). The lowest BCUT2D eigenvalue weighted by Gasteiger charge is -2.37. The zero-order valence-corrected chi connectivity index (χ0v) is 29.7. The van der Waals surface area contributed by atoms with Crippen LogP contribution in [-0.4, -0.2) is 27.1 Å². The van der Waals surface area contributed by atoms with Crippen LogP contribution in [0.15, 0.2) is 128 Å². The second-order valence-electron chi connectivity index (χ2n) is 10.1. The number of hydrogen-bond acceptors (Lipinski definition) is 5. The van der Waals surface area contributed by atoms with E-state index in [0.717, 1.165) is 6.42 Å². The van der Waals surface area contributed by atoms with Crippen LogP contribution < -0.4 is 29.2 Å². The van der Waals surface area contributed by atoms with Crippen LogP contribution in [0.5, 0.6) is 0 Å². The van der Waals surface area contributed by atoms with E-state index in [1.807, 2.05) is 68.4 Å². The van der Waals surface area contributed by atoms with Crippen LogP contribution in [-0.2, 0) is 10.1 Å². The van der Waals surface area contributed by atoms with Gasteiger partial charge >= 0.3 is 10.3 Å². The van der Waals surface area contributed by atoms with Crippen molar-refractivity contribution >= 4 is 53.7 Å². The van der Waals surface area contributed by atoms with Crippen molar-refractivity contribution in [1.29, 1.82) is 0 Å². The van der Waals surface area contributed by atoms with E-state index < -0.39 is 7.32 Å². The van der Waals surface area contributed by atoms with E-state index in [1.54, 1.807) is 36.7 Å². The largest absolute Gasteiger partial charge is 0.871 e. The zero-order valence-electron chi connectivity index (χ0n) is 26.7. The summed E-state index contributed by atoms with van der Waals surface area (Å²) in [5.74, 6) is 0. The fraction of sp³-hybridized carbons (Fsp3) is 0.222. The quantitative estimate of drug-likeness (QED) is 0.0519. The average molecular weight is 730 g/mol. The van der Waals surface area contributed by atoms with E-state index in [4.69, 9.17) is 60.7 Å². The molecule has 0 N–H and O–H groups in total. The molecule has 7 nitrogen and oxygen atoms in total. The van der Waals surface area contributed by atoms with E-state index in [0.29, 0.717) is 40.0 Å². The van der Waals surface area contributed by atoms with Gasteiger partial charge in [-0.2, -0.15) is 0 Å². The molecule has 0 fully saturated rings. The summed E-state index contributed by atoms with van der Waals surface area (Å²) in [6.07, 6.45) is 4.69. The van der Waals surface area contributed by atoms with Gasteiger partial charge in [-0.05, 0) is 66.6 Å². The molecule has 252 valence electrons. The van der Waals surface area contributed by atoms with Crippen LogP contribution in [0, 0.1) is 0 Å². The van der Waals surface area contributed by atoms with Crippen LogP contribution in [0.2, 0.25) is 20.4 Å². The molecular weight excluding hydrogens is 693 g/mol. The van der Waals surface area contributed by atoms with Gasteiger partial charge in [0.15, 0.2) is 13.2 Å². The van der Waals surface area contributed by atoms with Crippen molar-refractivity contribution in [3.05, 3.63) is 165 Å². The summed E-state index contributed by atoms with van der Waals surface area (Å²) >= 11 is 22.9. The lowest BCUT2D eigenvalue weighted by molar-refractivity contribution is -0.889. The molecule has 2 aromatic heterocycles. The maximum atomic E-state index is 10.7. The summed E-state index contributed by atoms with van der Waals surface area (Å²) in [5, 5.41) is 23.5. The first-order valence-electron chi connectivity index (χ1n) is 15.3. The maximum absolute atomic E-state index is 10.7. The number of halogens is 4. The Morgan fingerprint density at radius 1 is 0.604 bits per heavy atom. The van der Waals surface area contributed by atoms with Gasteiger partial charge in [0.05, 0.1) is 17.4 Å². The van der Waals surface area contributed by atoms with Crippen molar-refractivity contribution in [2.75, 3.05) is 19.8 Å². The van der Waals surface area contributed by atoms with Gasteiger partial charge in [-0.15, -0.1) is 0 Å². The maximum Gasteiger partial charge on any atom is 0.326 e. The van der Waals surface area contributed by atoms with E-state index in [2.05, 4.69) is 36.4 Å². The highest BCUT2D eigenvalue weighted by Crippen LogP contribution is 2.42. The lowest BCUT2D eigenvalue weighted by atomic mass is 9.67. The third-order valence-electron chi connectivity index (χ3n) is 6.96. The third-order valence-corrected chi connectivity index (χ3v) is 7.98. The van der Waals surface area contributed by atoms with Crippen LogP contribution in [0.4, 0.5) is 0 Å². The number of nitrogens with zero attached hydrogens (tertiary/aromatic N) is 2. The summed E-state index contributed by atoms with van der Waals surface area (Å²) in [7, 11) is -2.23. The van der Waals surface area contributed by atoms with Crippen molar-refractivity contribution in [2.45, 2.75) is 32.1 Å². The standard InChI is InChI=1S/C22H21BO3.2C7H8Cl2NO/c24-23(25)26-18-10-17-22(19-11-4-1-5-12-19,20-13-6-2-7-14-20)21-15-8-3-9-16-21;2*1-2-11-10-4-3-6(8)5-7(10)9/h1-9,11-16H,10,17-18H2;2*3-5H,2H2,1H3/q-2;2*+1. The Morgan fingerprint density at radius 2 is 0.979 bits per heavy atom. The average Bonchev–Trinajstić information content (AvgIpc) is 3.09. The Bertz CT molecular complexity index is 1490. The van der Waals surface area contributed by atoms with E-state index in [1.165, 1.54) is 26.2 Å². The topological polar surface area (TPSA) is 81.6 Å². The monoisotopic (exact) mass is 728 g/mol. The van der Waals surface area contributed by atoms with Crippen molar-refractivity contribution in [3.63, 3.8) is 0 Å². The van der Waals surface area contributed by atoms with Gasteiger partial charge in [0, 0.05) is 45.7 Å². The van der Waals surface area contributed by atoms with Crippen LogP contribution in [0.3, 0.4) is 0 Å². The van der Waals surface area contributed by atoms with E-state index in [9.17, 15) is 10.0 Å². The number of pyridine rings is 2. The second-order valence-corrected chi connectivity index (χ2v) is 11.7. The minimum Gasteiger partial charge on any atom is -0.871 e. The summed E-state index contributed by atoms with van der Waals surface area (Å²) in [6.45, 7) is 5.08. The molecule has 0 amide bonds. The first kappa shape index (κ1) is 39.1. The molecule has 0 saturated carbocycles. The molecule has 0 aliphatic heterocycles. The normalized spacial score (nSPS) is 10.6. The summed E-state index contributed by atoms with van der Waals surface area (Å²) in [4.78, 5) is 10.2. The number of hydrogen-bond donors (Lipinski definition) is 0. The van der Waals surface area contributed by atoms with Crippen LogP contribution in [0.25, 0.3) is 0 Å².